The van der Waals surface area contributed by atoms with Crippen LogP contribution in [0.15, 0.2) is 47.8 Å². The molecular formula is C21H19Cl2F3N6O2. The predicted octanol–water partition coefficient (Wildman–Crippen LogP) is 4.16. The monoisotopic (exact) mass is 514 g/mol. The van der Waals surface area contributed by atoms with Crippen molar-refractivity contribution in [3.63, 3.8) is 0 Å². The van der Waals surface area contributed by atoms with Gasteiger partial charge in [-0.3, -0.25) is 19.1 Å². The van der Waals surface area contributed by atoms with E-state index in [-0.39, 0.29) is 17.2 Å². The summed E-state index contributed by atoms with van der Waals surface area (Å²) in [5.74, 6) is -1.27. The first-order chi connectivity index (χ1) is 16.1. The number of alkyl halides is 3. The summed E-state index contributed by atoms with van der Waals surface area (Å²) in [7, 11) is 0. The van der Waals surface area contributed by atoms with Crippen molar-refractivity contribution >= 4 is 40.6 Å². The topological polar surface area (TPSA) is 115 Å². The molecule has 180 valence electrons. The third-order valence-corrected chi connectivity index (χ3v) is 5.27. The molecule has 3 aromatic rings. The highest BCUT2D eigenvalue weighted by molar-refractivity contribution is 6.37. The molecule has 0 unspecified atom stereocenters. The molecular weight excluding hydrogens is 496 g/mol. The van der Waals surface area contributed by atoms with Gasteiger partial charge in [-0.05, 0) is 50.2 Å². The molecule has 34 heavy (non-hydrogen) atoms. The quantitative estimate of drug-likeness (QED) is 0.483. The van der Waals surface area contributed by atoms with Crippen LogP contribution < -0.4 is 21.9 Å². The van der Waals surface area contributed by atoms with Crippen molar-refractivity contribution in [1.82, 2.24) is 19.9 Å². The molecule has 8 nitrogen and oxygen atoms in total. The maximum absolute atomic E-state index is 12.9. The highest BCUT2D eigenvalue weighted by Crippen LogP contribution is 2.37. The number of nitrogens with one attached hydrogen (secondary N) is 2. The fourth-order valence-corrected chi connectivity index (χ4v) is 3.72. The third-order valence-electron chi connectivity index (χ3n) is 4.69. The van der Waals surface area contributed by atoms with Crippen LogP contribution in [0.3, 0.4) is 0 Å². The SMILES string of the molecule is C1CCNC1.Nc1ncn(-c2c(Cl)cc(C(F)(F)F)cc2Cl)c(=O)c1C(=O)Nc1cccnc1. The Kier molecular flexibility index (Phi) is 8.13. The summed E-state index contributed by atoms with van der Waals surface area (Å²) in [6.45, 7) is 2.50. The van der Waals surface area contributed by atoms with Gasteiger partial charge in [0, 0.05) is 6.20 Å². The molecule has 0 saturated carbocycles. The van der Waals surface area contributed by atoms with E-state index in [0.717, 1.165) is 10.9 Å². The standard InChI is InChI=1S/C17H10Cl2F3N5O2.C4H9N/c18-10-4-8(17(20,21)22)5-11(19)13(10)27-7-25-14(23)12(16(27)29)15(28)26-9-2-1-3-24-6-9;1-2-4-5-3-1/h1-7H,23H2,(H,26,28);5H,1-4H2. The van der Waals surface area contributed by atoms with Gasteiger partial charge in [0.2, 0.25) is 0 Å². The first kappa shape index (κ1) is 25.5. The van der Waals surface area contributed by atoms with E-state index in [1.165, 1.54) is 44.4 Å². The highest BCUT2D eigenvalue weighted by Gasteiger charge is 2.32. The third kappa shape index (κ3) is 6.04. The molecule has 3 heterocycles. The fourth-order valence-electron chi connectivity index (χ4n) is 3.05. The van der Waals surface area contributed by atoms with Crippen LogP contribution in [0.5, 0.6) is 0 Å². The summed E-state index contributed by atoms with van der Waals surface area (Å²) in [6.07, 6.45) is 1.83. The number of anilines is 2. The number of pyridine rings is 1. The number of rotatable bonds is 3. The van der Waals surface area contributed by atoms with Crippen LogP contribution >= 0.6 is 23.2 Å². The molecule has 0 atom stereocenters. The molecule has 0 aliphatic carbocycles. The van der Waals surface area contributed by atoms with Crippen LogP contribution in [0.4, 0.5) is 24.7 Å². The zero-order valence-corrected chi connectivity index (χ0v) is 19.0. The van der Waals surface area contributed by atoms with Crippen molar-refractivity contribution in [2.24, 2.45) is 0 Å². The Bertz CT molecular complexity index is 1200. The van der Waals surface area contributed by atoms with E-state index in [4.69, 9.17) is 28.9 Å². The van der Waals surface area contributed by atoms with Crippen LogP contribution in [0.25, 0.3) is 5.69 Å². The molecule has 4 rings (SSSR count). The number of aromatic nitrogens is 3. The molecule has 13 heteroatoms. The Hall–Kier alpha value is -3.15. The zero-order chi connectivity index (χ0) is 24.9. The molecule has 1 saturated heterocycles. The summed E-state index contributed by atoms with van der Waals surface area (Å²) in [4.78, 5) is 32.9. The molecule has 4 N–H and O–H groups in total. The van der Waals surface area contributed by atoms with Gasteiger partial charge >= 0.3 is 6.18 Å². The van der Waals surface area contributed by atoms with E-state index in [9.17, 15) is 22.8 Å². The van der Waals surface area contributed by atoms with Gasteiger partial charge in [0.25, 0.3) is 11.5 Å². The van der Waals surface area contributed by atoms with Crippen molar-refractivity contribution in [2.75, 3.05) is 24.1 Å². The minimum absolute atomic E-state index is 0.269. The van der Waals surface area contributed by atoms with Crippen molar-refractivity contribution in [1.29, 1.82) is 0 Å². The van der Waals surface area contributed by atoms with E-state index in [2.05, 4.69) is 20.6 Å². The predicted molar refractivity (Wildman–Crippen MR) is 124 cm³/mol. The maximum Gasteiger partial charge on any atom is 0.416 e. The lowest BCUT2D eigenvalue weighted by molar-refractivity contribution is -0.137. The molecule has 1 fully saturated rings. The summed E-state index contributed by atoms with van der Waals surface area (Å²) in [6, 6.07) is 4.31. The molecule has 1 aromatic carbocycles. The van der Waals surface area contributed by atoms with Crippen molar-refractivity contribution in [2.45, 2.75) is 19.0 Å². The Morgan fingerprint density at radius 2 is 1.82 bits per heavy atom. The lowest BCUT2D eigenvalue weighted by Crippen LogP contribution is -2.31. The molecule has 1 aliphatic rings. The summed E-state index contributed by atoms with van der Waals surface area (Å²) >= 11 is 11.9. The minimum atomic E-state index is -4.69. The maximum atomic E-state index is 12.9. The second-order valence-electron chi connectivity index (χ2n) is 7.12. The van der Waals surface area contributed by atoms with E-state index >= 15 is 0 Å². The number of hydrogen-bond donors (Lipinski definition) is 3. The summed E-state index contributed by atoms with van der Waals surface area (Å²) in [5, 5.41) is 4.73. The average Bonchev–Trinajstić information content (AvgIpc) is 3.35. The van der Waals surface area contributed by atoms with E-state index in [1.54, 1.807) is 6.07 Å². The summed E-state index contributed by atoms with van der Waals surface area (Å²) < 4.78 is 39.5. The van der Waals surface area contributed by atoms with Crippen LogP contribution in [-0.4, -0.2) is 33.5 Å². The van der Waals surface area contributed by atoms with Crippen LogP contribution in [0, 0.1) is 0 Å². The molecule has 1 aliphatic heterocycles. The second-order valence-corrected chi connectivity index (χ2v) is 7.93. The number of benzene rings is 1. The highest BCUT2D eigenvalue weighted by atomic mass is 35.5. The number of nitrogens with two attached hydrogens (primary N) is 1. The van der Waals surface area contributed by atoms with E-state index in [0.29, 0.717) is 12.1 Å². The Morgan fingerprint density at radius 3 is 2.32 bits per heavy atom. The molecule has 1 amide bonds. The van der Waals surface area contributed by atoms with Crippen LogP contribution in [0.1, 0.15) is 28.8 Å². The lowest BCUT2D eigenvalue weighted by Gasteiger charge is -2.15. The fraction of sp³-hybridized carbons (Fsp3) is 0.238. The van der Waals surface area contributed by atoms with Crippen LogP contribution in [-0.2, 0) is 6.18 Å². The Labute approximate surface area is 201 Å². The number of nitrogens with zero attached hydrogens (tertiary/aromatic N) is 3. The normalized spacial score (nSPS) is 13.2. The second kappa shape index (κ2) is 10.9. The van der Waals surface area contributed by atoms with Crippen molar-refractivity contribution in [3.8, 4) is 5.69 Å². The van der Waals surface area contributed by atoms with Crippen molar-refractivity contribution in [3.05, 3.63) is 74.5 Å². The number of nitrogen functional groups attached to an aromatic ring is 1. The zero-order valence-electron chi connectivity index (χ0n) is 17.5. The first-order valence-corrected chi connectivity index (χ1v) is 10.7. The molecule has 2 aromatic heterocycles. The number of carbonyl (C=O) groups excluding carboxylic acids is 1. The lowest BCUT2D eigenvalue weighted by atomic mass is 10.2. The van der Waals surface area contributed by atoms with Gasteiger partial charge in [0.05, 0.1) is 33.2 Å². The summed E-state index contributed by atoms with van der Waals surface area (Å²) in [5.41, 5.74) is 3.08. The molecule has 0 radical (unpaired) electrons. The van der Waals surface area contributed by atoms with Crippen molar-refractivity contribution < 1.29 is 18.0 Å². The Morgan fingerprint density at radius 1 is 1.18 bits per heavy atom. The largest absolute Gasteiger partial charge is 0.416 e. The van der Waals surface area contributed by atoms with Gasteiger partial charge in [0.15, 0.2) is 0 Å². The number of halogens is 5. The Balaban J connectivity index is 0.000000574. The van der Waals surface area contributed by atoms with E-state index < -0.39 is 38.8 Å². The van der Waals surface area contributed by atoms with Gasteiger partial charge in [-0.2, -0.15) is 13.2 Å². The molecule has 0 bridgehead atoms. The van der Waals surface area contributed by atoms with Gasteiger partial charge in [-0.25, -0.2) is 4.98 Å². The number of carbonyl (C=O) groups is 1. The van der Waals surface area contributed by atoms with Crippen LogP contribution in [0.2, 0.25) is 10.0 Å². The van der Waals surface area contributed by atoms with Gasteiger partial charge in [-0.1, -0.05) is 23.2 Å². The smallest absolute Gasteiger partial charge is 0.383 e. The minimum Gasteiger partial charge on any atom is -0.383 e. The van der Waals surface area contributed by atoms with Gasteiger partial charge < -0.3 is 16.4 Å². The van der Waals surface area contributed by atoms with Gasteiger partial charge in [0.1, 0.15) is 17.7 Å². The number of hydrogen-bond acceptors (Lipinski definition) is 6. The van der Waals surface area contributed by atoms with Gasteiger partial charge in [-0.15, -0.1) is 0 Å². The van der Waals surface area contributed by atoms with E-state index in [1.807, 2.05) is 0 Å². The first-order valence-electron chi connectivity index (χ1n) is 9.95. The average molecular weight is 515 g/mol. The number of amides is 1. The molecule has 0 spiro atoms.